The minimum Gasteiger partial charge on any atom is -0.411 e. The van der Waals surface area contributed by atoms with Gasteiger partial charge in [-0.2, -0.15) is 0 Å². The zero-order valence-electron chi connectivity index (χ0n) is 13.2. The number of nitrogens with zero attached hydrogens (tertiary/aromatic N) is 2. The molecule has 0 bridgehead atoms. The third-order valence-corrected chi connectivity index (χ3v) is 6.83. The molecule has 0 aliphatic carbocycles. The third kappa shape index (κ3) is 4.17. The van der Waals surface area contributed by atoms with E-state index in [1.54, 1.807) is 6.92 Å². The third-order valence-electron chi connectivity index (χ3n) is 3.07. The zero-order valence-corrected chi connectivity index (χ0v) is 15.6. The first-order chi connectivity index (χ1) is 11.6. The molecule has 1 aromatic heterocycles. The molecule has 0 unspecified atom stereocenters. The van der Waals surface area contributed by atoms with E-state index in [1.807, 2.05) is 0 Å². The highest BCUT2D eigenvalue weighted by molar-refractivity contribution is 7.94. The molecule has 1 amide bonds. The smallest absolute Gasteiger partial charge is 0.322 e. The Balaban J connectivity index is 2.64. The van der Waals surface area contributed by atoms with Crippen LogP contribution in [0.3, 0.4) is 0 Å². The predicted molar refractivity (Wildman–Crippen MR) is 89.2 cm³/mol. The summed E-state index contributed by atoms with van der Waals surface area (Å²) in [6.07, 6.45) is 2.10. The summed E-state index contributed by atoms with van der Waals surface area (Å²) in [5, 5.41) is 8.60. The van der Waals surface area contributed by atoms with Crippen LogP contribution in [-0.4, -0.2) is 44.9 Å². The molecule has 9 nitrogen and oxygen atoms in total. The van der Waals surface area contributed by atoms with Crippen molar-refractivity contribution in [1.29, 1.82) is 0 Å². The van der Waals surface area contributed by atoms with E-state index < -0.39 is 40.4 Å². The van der Waals surface area contributed by atoms with Gasteiger partial charge in [-0.05, 0) is 18.6 Å². The Morgan fingerprint density at radius 3 is 2.48 bits per heavy atom. The van der Waals surface area contributed by atoms with Crippen molar-refractivity contribution >= 4 is 43.2 Å². The van der Waals surface area contributed by atoms with E-state index in [1.165, 1.54) is 0 Å². The number of hydrogen-bond donors (Lipinski definition) is 1. The fourth-order valence-corrected chi connectivity index (χ4v) is 5.81. The van der Waals surface area contributed by atoms with Crippen LogP contribution in [0.4, 0.5) is 6.01 Å². The lowest BCUT2D eigenvalue weighted by molar-refractivity contribution is 0.102. The van der Waals surface area contributed by atoms with Gasteiger partial charge in [0.2, 0.25) is 6.39 Å². The van der Waals surface area contributed by atoms with Gasteiger partial charge in [-0.15, -0.1) is 5.10 Å². The van der Waals surface area contributed by atoms with E-state index in [4.69, 9.17) is 16.0 Å². The lowest BCUT2D eigenvalue weighted by Gasteiger charge is -2.13. The van der Waals surface area contributed by atoms with Crippen LogP contribution in [0.1, 0.15) is 23.7 Å². The van der Waals surface area contributed by atoms with E-state index in [-0.39, 0.29) is 23.8 Å². The summed E-state index contributed by atoms with van der Waals surface area (Å²) in [6, 6.07) is 1.94. The average Bonchev–Trinajstić information content (AvgIpc) is 2.98. The maximum Gasteiger partial charge on any atom is 0.322 e. The van der Waals surface area contributed by atoms with Crippen LogP contribution in [0, 0.1) is 0 Å². The second-order valence-electron chi connectivity index (χ2n) is 5.04. The quantitative estimate of drug-likeness (QED) is 0.761. The van der Waals surface area contributed by atoms with E-state index in [0.29, 0.717) is 0 Å². The number of aromatic nitrogens is 2. The lowest BCUT2D eigenvalue weighted by atomic mass is 10.2. The van der Waals surface area contributed by atoms with Gasteiger partial charge in [-0.1, -0.05) is 23.6 Å². The number of amides is 1. The van der Waals surface area contributed by atoms with Crippen LogP contribution in [0.5, 0.6) is 0 Å². The molecule has 1 heterocycles. The van der Waals surface area contributed by atoms with Crippen LogP contribution in [0.2, 0.25) is 5.02 Å². The molecular formula is C13H14ClN3O6S2. The minimum atomic E-state index is -4.02. The maximum absolute atomic E-state index is 12.5. The van der Waals surface area contributed by atoms with Crippen molar-refractivity contribution in [1.82, 2.24) is 10.2 Å². The Labute approximate surface area is 149 Å². The molecule has 0 spiro atoms. The molecule has 0 fully saturated rings. The van der Waals surface area contributed by atoms with Crippen LogP contribution in [0.15, 0.2) is 32.7 Å². The summed E-state index contributed by atoms with van der Waals surface area (Å²) in [5.74, 6) is -1.13. The summed E-state index contributed by atoms with van der Waals surface area (Å²) in [4.78, 5) is 11.2. The fraction of sp³-hybridized carbons (Fsp3) is 0.308. The summed E-state index contributed by atoms with van der Waals surface area (Å²) in [7, 11) is -7.90. The van der Waals surface area contributed by atoms with Crippen molar-refractivity contribution in [3.05, 3.63) is 29.1 Å². The van der Waals surface area contributed by atoms with Crippen LogP contribution >= 0.6 is 11.6 Å². The zero-order chi connectivity index (χ0) is 18.8. The minimum absolute atomic E-state index is 0.216. The topological polar surface area (TPSA) is 136 Å². The molecule has 0 saturated carbocycles. The Kier molecular flexibility index (Phi) is 5.49. The molecule has 25 heavy (non-hydrogen) atoms. The highest BCUT2D eigenvalue weighted by Crippen LogP contribution is 2.33. The molecule has 1 aromatic carbocycles. The van der Waals surface area contributed by atoms with E-state index in [9.17, 15) is 21.6 Å². The monoisotopic (exact) mass is 407 g/mol. The molecule has 2 aromatic rings. The number of carbonyl (C=O) groups is 1. The molecular weight excluding hydrogens is 394 g/mol. The number of nitrogens with one attached hydrogen (secondary N) is 1. The second kappa shape index (κ2) is 7.10. The number of anilines is 1. The summed E-state index contributed by atoms with van der Waals surface area (Å²) in [6.45, 7) is 1.62. The van der Waals surface area contributed by atoms with Crippen molar-refractivity contribution in [2.24, 2.45) is 0 Å². The first-order valence-corrected chi connectivity index (χ1v) is 10.8. The van der Waals surface area contributed by atoms with Crippen molar-refractivity contribution in [3.63, 3.8) is 0 Å². The Morgan fingerprint density at radius 2 is 1.96 bits per heavy atom. The van der Waals surface area contributed by atoms with Gasteiger partial charge in [0.25, 0.3) is 5.91 Å². The standard InChI is InChI=1S/C13H14ClN3O6S2/c1-3-6-25(21,22)11-9(24(2,19)20)5-4-8(10(11)14)12(18)16-13-17-15-7-23-13/h4-5,7H,3,6H2,1-2H3,(H,16,17,18). The Morgan fingerprint density at radius 1 is 1.28 bits per heavy atom. The number of rotatable bonds is 6. The van der Waals surface area contributed by atoms with Gasteiger partial charge < -0.3 is 4.42 Å². The van der Waals surface area contributed by atoms with Gasteiger partial charge in [-0.3, -0.25) is 10.1 Å². The number of carbonyl (C=O) groups excluding carboxylic acids is 1. The van der Waals surface area contributed by atoms with Crippen molar-refractivity contribution in [2.45, 2.75) is 23.1 Å². The van der Waals surface area contributed by atoms with Crippen LogP contribution in [-0.2, 0) is 19.7 Å². The summed E-state index contributed by atoms with van der Waals surface area (Å²) >= 11 is 6.10. The Bertz CT molecular complexity index is 1000. The van der Waals surface area contributed by atoms with Gasteiger partial charge in [0.15, 0.2) is 19.7 Å². The summed E-state index contributed by atoms with van der Waals surface area (Å²) in [5.41, 5.74) is -0.234. The number of halogens is 1. The number of hydrogen-bond acceptors (Lipinski definition) is 8. The van der Waals surface area contributed by atoms with E-state index in [0.717, 1.165) is 24.8 Å². The summed E-state index contributed by atoms with van der Waals surface area (Å²) < 4.78 is 53.6. The van der Waals surface area contributed by atoms with Crippen molar-refractivity contribution < 1.29 is 26.0 Å². The van der Waals surface area contributed by atoms with Crippen molar-refractivity contribution in [3.8, 4) is 0 Å². The molecule has 0 saturated heterocycles. The largest absolute Gasteiger partial charge is 0.411 e. The highest BCUT2D eigenvalue weighted by Gasteiger charge is 2.30. The van der Waals surface area contributed by atoms with Gasteiger partial charge in [-0.25, -0.2) is 16.8 Å². The molecule has 0 radical (unpaired) electrons. The fourth-order valence-electron chi connectivity index (χ4n) is 2.06. The van der Waals surface area contributed by atoms with Gasteiger partial charge in [0, 0.05) is 6.26 Å². The molecule has 0 atom stereocenters. The molecule has 2 rings (SSSR count). The van der Waals surface area contributed by atoms with Gasteiger partial charge in [0.05, 0.1) is 21.2 Å². The van der Waals surface area contributed by atoms with Gasteiger partial charge in [0.1, 0.15) is 4.90 Å². The average molecular weight is 408 g/mol. The normalized spacial score (nSPS) is 12.1. The first kappa shape index (κ1) is 19.3. The maximum atomic E-state index is 12.5. The number of sulfone groups is 2. The Hall–Kier alpha value is -1.98. The SMILES string of the molecule is CCCS(=O)(=O)c1c(S(C)(=O)=O)ccc(C(=O)Nc2nnco2)c1Cl. The van der Waals surface area contributed by atoms with Crippen LogP contribution < -0.4 is 5.32 Å². The van der Waals surface area contributed by atoms with Gasteiger partial charge >= 0.3 is 6.01 Å². The predicted octanol–water partition coefficient (Wildman–Crippen LogP) is 1.56. The highest BCUT2D eigenvalue weighted by atomic mass is 35.5. The molecule has 0 aliphatic rings. The van der Waals surface area contributed by atoms with Crippen molar-refractivity contribution in [2.75, 3.05) is 17.3 Å². The van der Waals surface area contributed by atoms with E-state index in [2.05, 4.69) is 15.5 Å². The molecule has 12 heteroatoms. The lowest BCUT2D eigenvalue weighted by Crippen LogP contribution is -2.18. The number of benzene rings is 1. The molecule has 1 N–H and O–H groups in total. The molecule has 0 aliphatic heterocycles. The molecule has 136 valence electrons. The first-order valence-electron chi connectivity index (χ1n) is 6.90. The van der Waals surface area contributed by atoms with E-state index >= 15 is 0 Å². The van der Waals surface area contributed by atoms with Crippen LogP contribution in [0.25, 0.3) is 0 Å². The second-order valence-corrected chi connectivity index (χ2v) is 9.45.